The summed E-state index contributed by atoms with van der Waals surface area (Å²) in [5.74, 6) is -0.705. The lowest BCUT2D eigenvalue weighted by atomic mass is 10.0. The van der Waals surface area contributed by atoms with Crippen LogP contribution < -0.4 is 11.5 Å². The molecule has 3 aromatic carbocycles. The number of nitrogens with zero attached hydrogens (tertiary/aromatic N) is 3. The van der Waals surface area contributed by atoms with E-state index in [0.29, 0.717) is 34.2 Å². The molecule has 218 valence electrons. The van der Waals surface area contributed by atoms with Crippen molar-refractivity contribution in [2.24, 2.45) is 18.5 Å². The van der Waals surface area contributed by atoms with Gasteiger partial charge in [-0.3, -0.25) is 20.4 Å². The second-order valence-corrected chi connectivity index (χ2v) is 9.59. The Labute approximate surface area is 242 Å². The molecule has 0 fully saturated rings. The highest BCUT2D eigenvalue weighted by atomic mass is 16.4. The van der Waals surface area contributed by atoms with Gasteiger partial charge in [0.05, 0.1) is 11.0 Å². The predicted octanol–water partition coefficient (Wildman–Crippen LogP) is 2.40. The zero-order valence-electron chi connectivity index (χ0n) is 23.2. The van der Waals surface area contributed by atoms with E-state index in [1.807, 2.05) is 41.9 Å². The van der Waals surface area contributed by atoms with Gasteiger partial charge in [0.2, 0.25) is 0 Å². The van der Waals surface area contributed by atoms with E-state index in [-0.39, 0.29) is 24.6 Å². The second-order valence-electron chi connectivity index (χ2n) is 9.59. The van der Waals surface area contributed by atoms with Crippen molar-refractivity contribution in [3.63, 3.8) is 0 Å². The topological polar surface area (TPSA) is 212 Å². The third kappa shape index (κ3) is 7.36. The molecule has 4 rings (SSSR count). The maximum absolute atomic E-state index is 13.3. The second kappa shape index (κ2) is 13.7. The van der Waals surface area contributed by atoms with Crippen LogP contribution in [0.1, 0.15) is 38.4 Å². The van der Waals surface area contributed by atoms with Crippen LogP contribution in [0.3, 0.4) is 0 Å². The minimum atomic E-state index is -1.11. The number of aromatic nitrogens is 2. The largest absolute Gasteiger partial charge is 0.483 e. The van der Waals surface area contributed by atoms with Crippen molar-refractivity contribution < 1.29 is 24.6 Å². The summed E-state index contributed by atoms with van der Waals surface area (Å²) in [6.45, 7) is -0.250. The summed E-state index contributed by atoms with van der Waals surface area (Å²) in [6, 6.07) is 18.4. The number of carbonyl (C=O) groups is 3. The first-order chi connectivity index (χ1) is 20.0. The summed E-state index contributed by atoms with van der Waals surface area (Å²) in [5.41, 5.74) is 15.9. The number of carboxylic acids is 1. The van der Waals surface area contributed by atoms with Crippen LogP contribution in [0.15, 0.2) is 66.7 Å². The highest BCUT2D eigenvalue weighted by Crippen LogP contribution is 2.20. The van der Waals surface area contributed by atoms with Crippen LogP contribution in [0.25, 0.3) is 11.0 Å². The quantitative estimate of drug-likeness (QED) is 0.0942. The molecule has 0 radical (unpaired) electrons. The molecule has 0 aliphatic rings. The highest BCUT2D eigenvalue weighted by molar-refractivity contribution is 5.99. The number of nitrogen functional groups attached to an aromatic ring is 2. The first-order valence-corrected chi connectivity index (χ1v) is 12.9. The van der Waals surface area contributed by atoms with Gasteiger partial charge in [-0.05, 0) is 35.7 Å². The number of imidazole rings is 1. The van der Waals surface area contributed by atoms with Crippen LogP contribution in [0, 0.1) is 10.8 Å². The molecule has 1 unspecified atom stereocenters. The summed E-state index contributed by atoms with van der Waals surface area (Å²) in [5, 5.41) is 31.8. The minimum absolute atomic E-state index is 0.0332. The number of aliphatic carboxylic acids is 1. The van der Waals surface area contributed by atoms with Gasteiger partial charge in [-0.2, -0.15) is 0 Å². The number of aryl methyl sites for hydroxylation is 3. The van der Waals surface area contributed by atoms with Crippen molar-refractivity contribution >= 4 is 41.1 Å². The summed E-state index contributed by atoms with van der Waals surface area (Å²) in [4.78, 5) is 39.7. The maximum Gasteiger partial charge on any atom is 0.326 e. The number of benzene rings is 3. The number of nitrogens with one attached hydrogen (secondary N) is 2. The van der Waals surface area contributed by atoms with Crippen LogP contribution in [0.5, 0.6) is 0 Å². The van der Waals surface area contributed by atoms with Crippen LogP contribution in [0.4, 0.5) is 0 Å². The molecule has 8 N–H and O–H groups in total. The number of carboxylic acid groups (broad SMARTS) is 2. The third-order valence-corrected chi connectivity index (χ3v) is 6.89. The first kappa shape index (κ1) is 31.0. The van der Waals surface area contributed by atoms with Gasteiger partial charge in [0.25, 0.3) is 12.4 Å². The number of hydrogen-bond donors (Lipinski definition) is 6. The zero-order valence-corrected chi connectivity index (χ0v) is 23.2. The van der Waals surface area contributed by atoms with Crippen molar-refractivity contribution in [2.75, 3.05) is 7.05 Å². The van der Waals surface area contributed by atoms with Crippen molar-refractivity contribution in [1.29, 1.82) is 10.8 Å². The Balaban J connectivity index is 0.00000155. The average molecular weight is 572 g/mol. The van der Waals surface area contributed by atoms with E-state index in [9.17, 15) is 14.7 Å². The molecule has 1 aromatic heterocycles. The molecule has 0 saturated heterocycles. The van der Waals surface area contributed by atoms with E-state index in [1.54, 1.807) is 36.4 Å². The Kier molecular flexibility index (Phi) is 10.1. The van der Waals surface area contributed by atoms with Crippen LogP contribution >= 0.6 is 0 Å². The van der Waals surface area contributed by atoms with E-state index < -0.39 is 17.9 Å². The van der Waals surface area contributed by atoms with Crippen molar-refractivity contribution in [3.8, 4) is 0 Å². The minimum Gasteiger partial charge on any atom is -0.483 e. The van der Waals surface area contributed by atoms with Gasteiger partial charge in [-0.25, -0.2) is 9.78 Å². The molecule has 0 aliphatic carbocycles. The highest BCUT2D eigenvalue weighted by Gasteiger charge is 2.28. The number of carbonyl (C=O) groups excluding carboxylic acids is 1. The average Bonchev–Trinajstić information content (AvgIpc) is 3.29. The summed E-state index contributed by atoms with van der Waals surface area (Å²) in [7, 11) is 3.41. The van der Waals surface area contributed by atoms with Gasteiger partial charge >= 0.3 is 5.97 Å². The zero-order chi connectivity index (χ0) is 31.0. The molecule has 4 aromatic rings. The van der Waals surface area contributed by atoms with Gasteiger partial charge in [-0.1, -0.05) is 48.5 Å². The van der Waals surface area contributed by atoms with Crippen molar-refractivity contribution in [2.45, 2.75) is 25.3 Å². The monoisotopic (exact) mass is 571 g/mol. The number of rotatable bonds is 10. The van der Waals surface area contributed by atoms with Gasteiger partial charge in [0, 0.05) is 43.6 Å². The normalized spacial score (nSPS) is 11.2. The number of fused-ring (bicyclic) bond motifs is 1. The molecule has 0 bridgehead atoms. The first-order valence-electron chi connectivity index (χ1n) is 12.9. The Bertz CT molecular complexity index is 1610. The van der Waals surface area contributed by atoms with Gasteiger partial charge in [-0.15, -0.1) is 0 Å². The Morgan fingerprint density at radius 2 is 1.43 bits per heavy atom. The molecular weight excluding hydrogens is 538 g/mol. The van der Waals surface area contributed by atoms with E-state index in [2.05, 4.69) is 0 Å². The molecule has 12 nitrogen and oxygen atoms in total. The fourth-order valence-corrected chi connectivity index (χ4v) is 4.49. The van der Waals surface area contributed by atoms with Gasteiger partial charge < -0.3 is 31.1 Å². The number of amidine groups is 2. The smallest absolute Gasteiger partial charge is 0.326 e. The van der Waals surface area contributed by atoms with Crippen LogP contribution in [-0.2, 0) is 35.9 Å². The predicted molar refractivity (Wildman–Crippen MR) is 159 cm³/mol. The lowest BCUT2D eigenvalue weighted by Crippen LogP contribution is -2.43. The third-order valence-electron chi connectivity index (χ3n) is 6.89. The van der Waals surface area contributed by atoms with Crippen molar-refractivity contribution in [1.82, 2.24) is 14.5 Å². The Morgan fingerprint density at radius 1 is 0.929 bits per heavy atom. The molecule has 12 heteroatoms. The molecule has 42 heavy (non-hydrogen) atoms. The number of nitrogens with two attached hydrogens (primary N) is 2. The summed E-state index contributed by atoms with van der Waals surface area (Å²) in [6.07, 6.45) is 1.54. The molecule has 1 heterocycles. The fraction of sp³-hybridized carbons (Fsp3) is 0.200. The number of hydrogen-bond acceptors (Lipinski definition) is 6. The lowest BCUT2D eigenvalue weighted by Gasteiger charge is -2.25. The van der Waals surface area contributed by atoms with Crippen LogP contribution in [-0.4, -0.2) is 67.8 Å². The number of amides is 1. The molecular formula is C30H33N7O5. The SMILES string of the molecule is CN(C(=O)c1ccc2c(c1)nc(CCc1ccc(C(=N)N)cc1)n2C)C(Cc1ccc(C(=N)N)cc1)C(=O)O.O=CO. The maximum atomic E-state index is 13.3. The standard InChI is InChI=1S/C29H31N7O3.CH2O2/c1-35-23-13-12-21(16-22(23)34-25(35)14-7-17-3-8-19(9-4-17)26(30)31)28(37)36(2)24(29(38)39)15-18-5-10-20(11-6-18)27(32)33;2-1-3/h3-6,8-13,16,24H,7,14-15H2,1-2H3,(H3,30,31)(H3,32,33)(H,38,39);1H,(H,2,3). The summed E-state index contributed by atoms with van der Waals surface area (Å²) < 4.78 is 1.99. The number of likely N-dealkylation sites (N-methyl/N-ethyl adjacent to an activating group) is 1. The summed E-state index contributed by atoms with van der Waals surface area (Å²) >= 11 is 0. The van der Waals surface area contributed by atoms with E-state index in [4.69, 9.17) is 37.2 Å². The van der Waals surface area contributed by atoms with E-state index in [0.717, 1.165) is 23.3 Å². The van der Waals surface area contributed by atoms with E-state index in [1.165, 1.54) is 11.9 Å². The molecule has 0 saturated carbocycles. The molecule has 0 spiro atoms. The Morgan fingerprint density at radius 3 is 1.93 bits per heavy atom. The fourth-order valence-electron chi connectivity index (χ4n) is 4.49. The lowest BCUT2D eigenvalue weighted by molar-refractivity contribution is -0.141. The molecule has 1 atom stereocenters. The van der Waals surface area contributed by atoms with Gasteiger partial charge in [0.15, 0.2) is 0 Å². The Hall–Kier alpha value is -5.52. The van der Waals surface area contributed by atoms with Crippen molar-refractivity contribution in [3.05, 3.63) is 100 Å². The van der Waals surface area contributed by atoms with Crippen LogP contribution in [0.2, 0.25) is 0 Å². The molecule has 0 aliphatic heterocycles. The molecule has 1 amide bonds. The van der Waals surface area contributed by atoms with Gasteiger partial charge in [0.1, 0.15) is 23.5 Å². The van der Waals surface area contributed by atoms with E-state index >= 15 is 0 Å².